The van der Waals surface area contributed by atoms with E-state index in [4.69, 9.17) is 14.2 Å². The summed E-state index contributed by atoms with van der Waals surface area (Å²) in [6.07, 6.45) is 1.97. The molecule has 3 heterocycles. The van der Waals surface area contributed by atoms with Crippen LogP contribution in [0.15, 0.2) is 42.5 Å². The molecule has 6 nitrogen and oxygen atoms in total. The van der Waals surface area contributed by atoms with E-state index in [0.717, 1.165) is 12.8 Å². The number of fused-ring (bicyclic) bond motifs is 2. The Morgan fingerprint density at radius 3 is 2.52 bits per heavy atom. The average molecular weight is 393 g/mol. The van der Waals surface area contributed by atoms with E-state index in [2.05, 4.69) is 0 Å². The van der Waals surface area contributed by atoms with Gasteiger partial charge in [-0.3, -0.25) is 9.59 Å². The van der Waals surface area contributed by atoms with Crippen molar-refractivity contribution in [3.05, 3.63) is 53.6 Å². The Balaban J connectivity index is 1.23. The minimum atomic E-state index is -0.107. The molecular formula is C23H23NO5. The fraction of sp³-hybridized carbons (Fsp3) is 0.391. The van der Waals surface area contributed by atoms with Gasteiger partial charge in [0.05, 0.1) is 5.56 Å². The molecular weight excluding hydrogens is 370 g/mol. The van der Waals surface area contributed by atoms with Gasteiger partial charge in [-0.25, -0.2) is 0 Å². The van der Waals surface area contributed by atoms with Crippen LogP contribution in [-0.2, 0) is 0 Å². The predicted octanol–water partition coefficient (Wildman–Crippen LogP) is 3.34. The second-order valence-electron chi connectivity index (χ2n) is 7.77. The highest BCUT2D eigenvalue weighted by atomic mass is 16.6. The van der Waals surface area contributed by atoms with Gasteiger partial charge in [0.2, 0.25) is 0 Å². The number of benzene rings is 2. The lowest BCUT2D eigenvalue weighted by Gasteiger charge is -2.37. The minimum absolute atomic E-state index is 0.00593. The van der Waals surface area contributed by atoms with Crippen LogP contribution in [0.3, 0.4) is 0 Å². The van der Waals surface area contributed by atoms with Crippen molar-refractivity contribution in [3.8, 4) is 17.2 Å². The average Bonchev–Trinajstić information content (AvgIpc) is 2.78. The number of carbonyl (C=O) groups is 2. The van der Waals surface area contributed by atoms with E-state index in [0.29, 0.717) is 61.1 Å². The first-order valence-corrected chi connectivity index (χ1v) is 10.2. The Labute approximate surface area is 169 Å². The van der Waals surface area contributed by atoms with Gasteiger partial charge < -0.3 is 19.1 Å². The van der Waals surface area contributed by atoms with Crippen molar-refractivity contribution in [1.82, 2.24) is 4.90 Å². The second-order valence-corrected chi connectivity index (χ2v) is 7.77. The highest BCUT2D eigenvalue weighted by Gasteiger charge is 2.35. The first-order chi connectivity index (χ1) is 14.2. The van der Waals surface area contributed by atoms with Crippen LogP contribution in [0.5, 0.6) is 17.2 Å². The van der Waals surface area contributed by atoms with Crippen LogP contribution in [-0.4, -0.2) is 49.0 Å². The number of ketones is 1. The van der Waals surface area contributed by atoms with Crippen molar-refractivity contribution in [1.29, 1.82) is 0 Å². The van der Waals surface area contributed by atoms with Gasteiger partial charge in [-0.15, -0.1) is 0 Å². The molecule has 1 atom stereocenters. The third-order valence-electron chi connectivity index (χ3n) is 5.99. The number of para-hydroxylation sites is 1. The summed E-state index contributed by atoms with van der Waals surface area (Å²) in [6, 6.07) is 12.8. The summed E-state index contributed by atoms with van der Waals surface area (Å²) in [5.41, 5.74) is 1.29. The molecule has 0 aromatic heterocycles. The number of piperidine rings is 1. The lowest BCUT2D eigenvalue weighted by molar-refractivity contribution is 0.0452. The Kier molecular flexibility index (Phi) is 4.62. The zero-order valence-electron chi connectivity index (χ0n) is 16.1. The van der Waals surface area contributed by atoms with Crippen LogP contribution in [0, 0.1) is 5.92 Å². The van der Waals surface area contributed by atoms with Gasteiger partial charge in [-0.1, -0.05) is 12.1 Å². The first-order valence-electron chi connectivity index (χ1n) is 10.2. The molecule has 1 amide bonds. The summed E-state index contributed by atoms with van der Waals surface area (Å²) < 4.78 is 17.2. The van der Waals surface area contributed by atoms with Crippen molar-refractivity contribution in [2.45, 2.75) is 25.4 Å². The number of hydrogen-bond donors (Lipinski definition) is 0. The standard InChI is InChI=1S/C23H23NO5/c25-18-14-21(29-19-4-2-1-3-17(18)19)15-7-9-24(10-8-15)23(26)16-5-6-20-22(13-16)28-12-11-27-20/h1-6,13,15,21H,7-12,14H2. The van der Waals surface area contributed by atoms with Crippen molar-refractivity contribution >= 4 is 11.7 Å². The number of rotatable bonds is 2. The normalized spacial score (nSPS) is 21.3. The molecule has 150 valence electrons. The summed E-state index contributed by atoms with van der Waals surface area (Å²) in [7, 11) is 0. The van der Waals surface area contributed by atoms with Crippen LogP contribution in [0.25, 0.3) is 0 Å². The molecule has 0 aliphatic carbocycles. The molecule has 6 heteroatoms. The monoisotopic (exact) mass is 393 g/mol. The van der Waals surface area contributed by atoms with Crippen LogP contribution in [0.2, 0.25) is 0 Å². The second kappa shape index (κ2) is 7.43. The number of amides is 1. The van der Waals surface area contributed by atoms with E-state index >= 15 is 0 Å². The van der Waals surface area contributed by atoms with Gasteiger partial charge in [0.15, 0.2) is 17.3 Å². The SMILES string of the molecule is O=C1CC(C2CCN(C(=O)c3ccc4c(c3)OCCO4)CC2)Oc2ccccc21. The van der Waals surface area contributed by atoms with E-state index in [1.54, 1.807) is 18.2 Å². The van der Waals surface area contributed by atoms with E-state index in [-0.39, 0.29) is 23.7 Å². The maximum atomic E-state index is 12.9. The van der Waals surface area contributed by atoms with Gasteiger partial charge in [-0.05, 0) is 49.1 Å². The fourth-order valence-corrected chi connectivity index (χ4v) is 4.39. The van der Waals surface area contributed by atoms with E-state index in [1.807, 2.05) is 29.2 Å². The Hall–Kier alpha value is -3.02. The van der Waals surface area contributed by atoms with Crippen LogP contribution >= 0.6 is 0 Å². The Morgan fingerprint density at radius 2 is 1.69 bits per heavy atom. The number of Topliss-reactive ketones (excluding diaryl/α,β-unsaturated/α-hetero) is 1. The number of likely N-dealkylation sites (tertiary alicyclic amines) is 1. The highest BCUT2D eigenvalue weighted by molar-refractivity contribution is 6.00. The lowest BCUT2D eigenvalue weighted by atomic mass is 9.86. The summed E-state index contributed by atoms with van der Waals surface area (Å²) in [6.45, 7) is 2.35. The molecule has 0 spiro atoms. The van der Waals surface area contributed by atoms with Crippen molar-refractivity contribution < 1.29 is 23.8 Å². The van der Waals surface area contributed by atoms with Crippen molar-refractivity contribution in [2.24, 2.45) is 5.92 Å². The van der Waals surface area contributed by atoms with Crippen LogP contribution in [0.1, 0.15) is 40.0 Å². The Bertz CT molecular complexity index is 948. The topological polar surface area (TPSA) is 65.1 Å². The number of nitrogens with zero attached hydrogens (tertiary/aromatic N) is 1. The molecule has 2 aromatic carbocycles. The molecule has 1 fully saturated rings. The maximum absolute atomic E-state index is 12.9. The minimum Gasteiger partial charge on any atom is -0.489 e. The molecule has 1 unspecified atom stereocenters. The van der Waals surface area contributed by atoms with E-state index in [9.17, 15) is 9.59 Å². The van der Waals surface area contributed by atoms with Crippen molar-refractivity contribution in [3.63, 3.8) is 0 Å². The number of ether oxygens (including phenoxy) is 3. The first kappa shape index (κ1) is 18.0. The fourth-order valence-electron chi connectivity index (χ4n) is 4.39. The largest absolute Gasteiger partial charge is 0.489 e. The van der Waals surface area contributed by atoms with Crippen molar-refractivity contribution in [2.75, 3.05) is 26.3 Å². The van der Waals surface area contributed by atoms with E-state index < -0.39 is 0 Å². The third-order valence-corrected chi connectivity index (χ3v) is 5.99. The zero-order valence-corrected chi connectivity index (χ0v) is 16.1. The Morgan fingerprint density at radius 1 is 0.931 bits per heavy atom. The third kappa shape index (κ3) is 3.43. The number of hydrogen-bond acceptors (Lipinski definition) is 5. The summed E-state index contributed by atoms with van der Waals surface area (Å²) in [5.74, 6) is 2.42. The van der Waals surface area contributed by atoms with Gasteiger partial charge in [0, 0.05) is 25.1 Å². The molecule has 0 N–H and O–H groups in total. The summed E-state index contributed by atoms with van der Waals surface area (Å²) >= 11 is 0. The molecule has 2 aromatic rings. The maximum Gasteiger partial charge on any atom is 0.253 e. The lowest BCUT2D eigenvalue weighted by Crippen LogP contribution is -2.44. The van der Waals surface area contributed by atoms with E-state index in [1.165, 1.54) is 0 Å². The molecule has 5 rings (SSSR count). The van der Waals surface area contributed by atoms with Gasteiger partial charge in [0.1, 0.15) is 25.1 Å². The molecule has 0 saturated carbocycles. The van der Waals surface area contributed by atoms with Crippen LogP contribution in [0.4, 0.5) is 0 Å². The molecule has 3 aliphatic rings. The van der Waals surface area contributed by atoms with Gasteiger partial charge in [-0.2, -0.15) is 0 Å². The molecule has 0 bridgehead atoms. The van der Waals surface area contributed by atoms with Crippen LogP contribution < -0.4 is 14.2 Å². The smallest absolute Gasteiger partial charge is 0.253 e. The zero-order chi connectivity index (χ0) is 19.8. The molecule has 1 saturated heterocycles. The molecule has 3 aliphatic heterocycles. The van der Waals surface area contributed by atoms with Gasteiger partial charge in [0.25, 0.3) is 5.91 Å². The quantitative estimate of drug-likeness (QED) is 0.783. The molecule has 0 radical (unpaired) electrons. The summed E-state index contributed by atoms with van der Waals surface area (Å²) in [5, 5.41) is 0. The highest BCUT2D eigenvalue weighted by Crippen LogP contribution is 2.35. The van der Waals surface area contributed by atoms with Gasteiger partial charge >= 0.3 is 0 Å². The predicted molar refractivity (Wildman–Crippen MR) is 106 cm³/mol. The number of carbonyl (C=O) groups excluding carboxylic acids is 2. The molecule has 29 heavy (non-hydrogen) atoms. The summed E-state index contributed by atoms with van der Waals surface area (Å²) in [4.78, 5) is 27.3.